The van der Waals surface area contributed by atoms with Gasteiger partial charge in [0.05, 0.1) is 18.2 Å². The largest absolute Gasteiger partial charge is 0.320 e. The molecule has 2 N–H and O–H groups in total. The highest BCUT2D eigenvalue weighted by atomic mass is 16.2. The minimum atomic E-state index is -0.489. The minimum Gasteiger partial charge on any atom is -0.320 e. The molecule has 1 aliphatic heterocycles. The molecule has 3 atom stereocenters. The maximum absolute atomic E-state index is 12.4. The normalized spacial score (nSPS) is 29.8. The molecule has 1 heterocycles. The predicted molar refractivity (Wildman–Crippen MR) is 68.0 cm³/mol. The molecule has 1 amide bonds. The van der Waals surface area contributed by atoms with Crippen LogP contribution in [-0.4, -0.2) is 28.9 Å². The van der Waals surface area contributed by atoms with Gasteiger partial charge < -0.3 is 10.6 Å². The molecule has 1 saturated carbocycles. The average molecular weight is 245 g/mol. The molecule has 0 spiro atoms. The van der Waals surface area contributed by atoms with Crippen molar-refractivity contribution in [3.05, 3.63) is 0 Å². The SMILES string of the molecule is C#CC1CC[C@@H](C#N)N1C(=O)[C@@H](N)C1CCCC1. The number of carbonyl (C=O) groups is 1. The third kappa shape index (κ3) is 2.21. The summed E-state index contributed by atoms with van der Waals surface area (Å²) in [5.74, 6) is 2.73. The van der Waals surface area contributed by atoms with E-state index in [9.17, 15) is 4.79 Å². The number of nitrogens with two attached hydrogens (primary N) is 1. The summed E-state index contributed by atoms with van der Waals surface area (Å²) in [5, 5.41) is 9.09. The molecule has 0 aromatic rings. The molecule has 2 rings (SSSR count). The summed E-state index contributed by atoms with van der Waals surface area (Å²) in [6.07, 6.45) is 11.1. The Labute approximate surface area is 108 Å². The van der Waals surface area contributed by atoms with Crippen molar-refractivity contribution in [1.29, 1.82) is 5.26 Å². The fraction of sp³-hybridized carbons (Fsp3) is 0.714. The molecule has 18 heavy (non-hydrogen) atoms. The number of nitrogens with zero attached hydrogens (tertiary/aromatic N) is 2. The molecule has 0 aromatic carbocycles. The lowest BCUT2D eigenvalue weighted by Crippen LogP contribution is -2.51. The summed E-state index contributed by atoms with van der Waals surface area (Å²) in [5.41, 5.74) is 6.07. The van der Waals surface area contributed by atoms with Crippen LogP contribution < -0.4 is 5.73 Å². The van der Waals surface area contributed by atoms with E-state index < -0.39 is 12.1 Å². The first-order valence-electron chi connectivity index (χ1n) is 6.62. The summed E-state index contributed by atoms with van der Waals surface area (Å²) >= 11 is 0. The Morgan fingerprint density at radius 1 is 1.28 bits per heavy atom. The van der Waals surface area contributed by atoms with Crippen LogP contribution in [0.2, 0.25) is 0 Å². The number of hydrogen-bond acceptors (Lipinski definition) is 3. The van der Waals surface area contributed by atoms with E-state index in [1.165, 1.54) is 0 Å². The average Bonchev–Trinajstić information content (AvgIpc) is 3.05. The van der Waals surface area contributed by atoms with Gasteiger partial charge in [-0.2, -0.15) is 5.26 Å². The Morgan fingerprint density at radius 3 is 2.44 bits per heavy atom. The van der Waals surface area contributed by atoms with E-state index in [0.29, 0.717) is 12.8 Å². The third-order valence-electron chi connectivity index (χ3n) is 4.17. The molecule has 1 saturated heterocycles. The third-order valence-corrected chi connectivity index (χ3v) is 4.17. The lowest BCUT2D eigenvalue weighted by atomic mass is 9.97. The van der Waals surface area contributed by atoms with Crippen LogP contribution in [0.25, 0.3) is 0 Å². The highest BCUT2D eigenvalue weighted by Crippen LogP contribution is 2.30. The monoisotopic (exact) mass is 245 g/mol. The van der Waals surface area contributed by atoms with Gasteiger partial charge in [0.1, 0.15) is 6.04 Å². The molecule has 0 aromatic heterocycles. The molecule has 0 bridgehead atoms. The fourth-order valence-corrected chi connectivity index (χ4v) is 3.10. The number of likely N-dealkylation sites (tertiary alicyclic amines) is 1. The van der Waals surface area contributed by atoms with E-state index >= 15 is 0 Å². The first-order valence-corrected chi connectivity index (χ1v) is 6.62. The number of nitriles is 1. The van der Waals surface area contributed by atoms with E-state index in [2.05, 4.69) is 12.0 Å². The van der Waals surface area contributed by atoms with Crippen LogP contribution in [0.15, 0.2) is 0 Å². The van der Waals surface area contributed by atoms with Crippen molar-refractivity contribution in [2.45, 2.75) is 56.7 Å². The zero-order valence-electron chi connectivity index (χ0n) is 10.5. The van der Waals surface area contributed by atoms with E-state index in [0.717, 1.165) is 25.7 Å². The van der Waals surface area contributed by atoms with Crippen molar-refractivity contribution in [2.75, 3.05) is 0 Å². The summed E-state index contributed by atoms with van der Waals surface area (Å²) in [6, 6.07) is 1.02. The first-order chi connectivity index (χ1) is 8.69. The highest BCUT2D eigenvalue weighted by molar-refractivity contribution is 5.83. The Morgan fingerprint density at radius 2 is 1.89 bits per heavy atom. The predicted octanol–water partition coefficient (Wildman–Crippen LogP) is 1.02. The maximum Gasteiger partial charge on any atom is 0.241 e. The molecule has 0 radical (unpaired) electrons. The number of carbonyl (C=O) groups excluding carboxylic acids is 1. The van der Waals surface area contributed by atoms with Crippen molar-refractivity contribution in [3.8, 4) is 18.4 Å². The molecular weight excluding hydrogens is 226 g/mol. The van der Waals surface area contributed by atoms with Crippen LogP contribution in [0.4, 0.5) is 0 Å². The maximum atomic E-state index is 12.4. The summed E-state index contributed by atoms with van der Waals surface area (Å²) in [6.45, 7) is 0. The molecule has 2 aliphatic rings. The van der Waals surface area contributed by atoms with E-state index in [1.807, 2.05) is 0 Å². The van der Waals surface area contributed by atoms with Gasteiger partial charge in [0.15, 0.2) is 0 Å². The van der Waals surface area contributed by atoms with E-state index in [-0.39, 0.29) is 17.9 Å². The van der Waals surface area contributed by atoms with Gasteiger partial charge in [-0.25, -0.2) is 0 Å². The van der Waals surface area contributed by atoms with Gasteiger partial charge in [0, 0.05) is 0 Å². The second-order valence-electron chi connectivity index (χ2n) is 5.22. The van der Waals surface area contributed by atoms with Gasteiger partial charge in [0.25, 0.3) is 0 Å². The standard InChI is InChI=1S/C14H19N3O/c1-2-11-7-8-12(9-15)17(11)14(18)13(16)10-5-3-4-6-10/h1,10-13H,3-8,16H2/t11?,12-,13-/m0/s1. The molecule has 96 valence electrons. The van der Waals surface area contributed by atoms with Crippen molar-refractivity contribution in [3.63, 3.8) is 0 Å². The fourth-order valence-electron chi connectivity index (χ4n) is 3.10. The molecule has 4 heteroatoms. The van der Waals surface area contributed by atoms with Gasteiger partial charge in [-0.1, -0.05) is 18.8 Å². The van der Waals surface area contributed by atoms with Gasteiger partial charge in [0.2, 0.25) is 5.91 Å². The summed E-state index contributed by atoms with van der Waals surface area (Å²) in [7, 11) is 0. The van der Waals surface area contributed by atoms with Crippen LogP contribution in [0.1, 0.15) is 38.5 Å². The highest BCUT2D eigenvalue weighted by Gasteiger charge is 2.40. The van der Waals surface area contributed by atoms with Gasteiger partial charge in [-0.05, 0) is 31.6 Å². The topological polar surface area (TPSA) is 70.1 Å². The Hall–Kier alpha value is -1.52. The summed E-state index contributed by atoms with van der Waals surface area (Å²) < 4.78 is 0. The van der Waals surface area contributed by atoms with Gasteiger partial charge in [-0.15, -0.1) is 6.42 Å². The number of rotatable bonds is 2. The van der Waals surface area contributed by atoms with Crippen LogP contribution in [0, 0.1) is 29.6 Å². The molecule has 1 unspecified atom stereocenters. The number of amides is 1. The quantitative estimate of drug-likeness (QED) is 0.738. The Bertz CT molecular complexity index is 378. The molecule has 4 nitrogen and oxygen atoms in total. The zero-order valence-corrected chi connectivity index (χ0v) is 10.5. The van der Waals surface area contributed by atoms with E-state index in [4.69, 9.17) is 17.4 Å². The van der Waals surface area contributed by atoms with Crippen molar-refractivity contribution in [2.24, 2.45) is 11.7 Å². The minimum absolute atomic E-state index is 0.131. The van der Waals surface area contributed by atoms with Crippen LogP contribution in [0.3, 0.4) is 0 Å². The molecular formula is C14H19N3O. The second kappa shape index (κ2) is 5.42. The summed E-state index contributed by atoms with van der Waals surface area (Å²) in [4.78, 5) is 14.0. The lowest BCUT2D eigenvalue weighted by Gasteiger charge is -2.29. The van der Waals surface area contributed by atoms with E-state index in [1.54, 1.807) is 4.90 Å². The Balaban J connectivity index is 2.10. The lowest BCUT2D eigenvalue weighted by molar-refractivity contribution is -0.134. The zero-order chi connectivity index (χ0) is 13.1. The first kappa shape index (κ1) is 12.9. The van der Waals surface area contributed by atoms with Crippen molar-refractivity contribution in [1.82, 2.24) is 4.90 Å². The van der Waals surface area contributed by atoms with Crippen LogP contribution in [-0.2, 0) is 4.79 Å². The van der Waals surface area contributed by atoms with Gasteiger partial charge >= 0.3 is 0 Å². The van der Waals surface area contributed by atoms with Crippen molar-refractivity contribution >= 4 is 5.91 Å². The number of hydrogen-bond donors (Lipinski definition) is 1. The molecule has 2 fully saturated rings. The molecule has 1 aliphatic carbocycles. The van der Waals surface area contributed by atoms with Gasteiger partial charge in [-0.3, -0.25) is 4.79 Å². The Kier molecular flexibility index (Phi) is 3.89. The van der Waals surface area contributed by atoms with Crippen LogP contribution in [0.5, 0.6) is 0 Å². The number of terminal acetylenes is 1. The van der Waals surface area contributed by atoms with Crippen LogP contribution >= 0.6 is 0 Å². The smallest absolute Gasteiger partial charge is 0.241 e. The van der Waals surface area contributed by atoms with Crippen molar-refractivity contribution < 1.29 is 4.79 Å². The second-order valence-corrected chi connectivity index (χ2v) is 5.22.